The summed E-state index contributed by atoms with van der Waals surface area (Å²) in [5.41, 5.74) is 0.668. The van der Waals surface area contributed by atoms with Gasteiger partial charge in [0, 0.05) is 17.7 Å². The van der Waals surface area contributed by atoms with Gasteiger partial charge in [0.25, 0.3) is 5.69 Å². The molecule has 0 aliphatic carbocycles. The second-order valence-corrected chi connectivity index (χ2v) is 3.41. The van der Waals surface area contributed by atoms with Gasteiger partial charge in [-0.05, 0) is 24.4 Å². The van der Waals surface area contributed by atoms with E-state index in [0.29, 0.717) is 11.4 Å². The number of non-ortho nitro benzene ring substituents is 1. The summed E-state index contributed by atoms with van der Waals surface area (Å²) in [4.78, 5) is 9.99. The van der Waals surface area contributed by atoms with Crippen LogP contribution in [0.3, 0.4) is 0 Å². The normalized spacial score (nSPS) is 10.2. The lowest BCUT2D eigenvalue weighted by molar-refractivity contribution is -0.384. The van der Waals surface area contributed by atoms with Crippen molar-refractivity contribution in [3.63, 3.8) is 0 Å². The zero-order valence-corrected chi connectivity index (χ0v) is 8.77. The summed E-state index contributed by atoms with van der Waals surface area (Å²) in [7, 11) is 0. The van der Waals surface area contributed by atoms with Crippen LogP contribution in [0.25, 0.3) is 11.4 Å². The number of hydrogen-bond acceptors (Lipinski definition) is 5. The number of benzene rings is 1. The summed E-state index contributed by atoms with van der Waals surface area (Å²) in [5.74, 6) is 6.05. The standard InChI is InChI=1S/C8H7N5O2S/c9-12-7(10-11-8(12)16)5-1-3-6(4-2-5)13(14)15/h1-4H,9H2,(H,11,16). The van der Waals surface area contributed by atoms with Crippen molar-refractivity contribution in [2.24, 2.45) is 0 Å². The van der Waals surface area contributed by atoms with Crippen LogP contribution in [0, 0.1) is 14.9 Å². The van der Waals surface area contributed by atoms with Gasteiger partial charge in [0.1, 0.15) is 0 Å². The van der Waals surface area contributed by atoms with Crippen LogP contribution in [0.2, 0.25) is 0 Å². The molecule has 0 atom stereocenters. The molecular weight excluding hydrogens is 230 g/mol. The van der Waals surface area contributed by atoms with Crippen molar-refractivity contribution in [3.05, 3.63) is 39.2 Å². The van der Waals surface area contributed by atoms with Gasteiger partial charge < -0.3 is 5.84 Å². The molecule has 1 heterocycles. The lowest BCUT2D eigenvalue weighted by atomic mass is 10.2. The Kier molecular flexibility index (Phi) is 2.41. The molecule has 0 amide bonds. The summed E-state index contributed by atoms with van der Waals surface area (Å²) < 4.78 is 1.49. The number of rotatable bonds is 2. The van der Waals surface area contributed by atoms with E-state index in [1.807, 2.05) is 0 Å². The minimum atomic E-state index is -0.469. The van der Waals surface area contributed by atoms with E-state index >= 15 is 0 Å². The van der Waals surface area contributed by atoms with Crippen LogP contribution in [0.4, 0.5) is 5.69 Å². The first kappa shape index (κ1) is 10.3. The molecule has 0 bridgehead atoms. The van der Waals surface area contributed by atoms with E-state index in [2.05, 4.69) is 10.2 Å². The van der Waals surface area contributed by atoms with Crippen LogP contribution in [-0.2, 0) is 0 Å². The quantitative estimate of drug-likeness (QED) is 0.354. The highest BCUT2D eigenvalue weighted by Gasteiger charge is 2.09. The Labute approximate surface area is 94.6 Å². The molecule has 0 saturated heterocycles. The first-order valence-corrected chi connectivity index (χ1v) is 4.68. The van der Waals surface area contributed by atoms with Gasteiger partial charge in [-0.15, -0.1) is 0 Å². The number of nitrogens with two attached hydrogens (primary N) is 1. The Morgan fingerprint density at radius 3 is 2.50 bits per heavy atom. The maximum atomic E-state index is 10.5. The Hall–Kier alpha value is -2.22. The Balaban J connectivity index is 2.46. The molecule has 1 aromatic heterocycles. The monoisotopic (exact) mass is 237 g/mol. The molecule has 0 saturated carbocycles. The van der Waals surface area contributed by atoms with Gasteiger partial charge >= 0.3 is 0 Å². The molecule has 0 spiro atoms. The van der Waals surface area contributed by atoms with Gasteiger partial charge in [-0.2, -0.15) is 5.10 Å². The van der Waals surface area contributed by atoms with E-state index < -0.39 is 4.92 Å². The molecule has 3 N–H and O–H groups in total. The topological polar surface area (TPSA) is 103 Å². The minimum Gasteiger partial charge on any atom is -0.335 e. The number of aromatic amines is 1. The van der Waals surface area contributed by atoms with Crippen molar-refractivity contribution in [3.8, 4) is 11.4 Å². The predicted molar refractivity (Wildman–Crippen MR) is 59.7 cm³/mol. The maximum absolute atomic E-state index is 10.5. The van der Waals surface area contributed by atoms with E-state index in [0.717, 1.165) is 0 Å². The van der Waals surface area contributed by atoms with Crippen LogP contribution >= 0.6 is 12.2 Å². The fourth-order valence-corrected chi connectivity index (χ4v) is 1.37. The highest BCUT2D eigenvalue weighted by atomic mass is 32.1. The van der Waals surface area contributed by atoms with Crippen LogP contribution in [0.1, 0.15) is 0 Å². The molecule has 0 fully saturated rings. The van der Waals surface area contributed by atoms with Crippen molar-refractivity contribution < 1.29 is 4.92 Å². The molecule has 7 nitrogen and oxygen atoms in total. The largest absolute Gasteiger partial charge is 0.335 e. The van der Waals surface area contributed by atoms with Crippen molar-refractivity contribution >= 4 is 17.9 Å². The molecule has 16 heavy (non-hydrogen) atoms. The lowest BCUT2D eigenvalue weighted by Gasteiger charge is -1.99. The van der Waals surface area contributed by atoms with Crippen molar-refractivity contribution in [2.45, 2.75) is 0 Å². The molecule has 2 rings (SSSR count). The summed E-state index contributed by atoms with van der Waals surface area (Å²) in [5, 5.41) is 16.9. The predicted octanol–water partition coefficient (Wildman–Crippen LogP) is 1.23. The Morgan fingerprint density at radius 2 is 2.06 bits per heavy atom. The highest BCUT2D eigenvalue weighted by Crippen LogP contribution is 2.19. The number of nitrogens with zero attached hydrogens (tertiary/aromatic N) is 3. The molecule has 0 aliphatic heterocycles. The van der Waals surface area contributed by atoms with Crippen molar-refractivity contribution in [1.29, 1.82) is 0 Å². The molecule has 2 aromatic rings. The SMILES string of the molecule is Nn1c(-c2ccc([N+](=O)[O-])cc2)n[nH]c1=S. The molecule has 1 aromatic carbocycles. The molecular formula is C8H7N5O2S. The van der Waals surface area contributed by atoms with E-state index in [9.17, 15) is 10.1 Å². The third kappa shape index (κ3) is 1.65. The maximum Gasteiger partial charge on any atom is 0.269 e. The third-order valence-corrected chi connectivity index (χ3v) is 2.33. The van der Waals surface area contributed by atoms with Gasteiger partial charge in [0.15, 0.2) is 5.82 Å². The van der Waals surface area contributed by atoms with E-state index in [1.165, 1.54) is 16.8 Å². The smallest absolute Gasteiger partial charge is 0.269 e. The van der Waals surface area contributed by atoms with E-state index in [4.69, 9.17) is 18.1 Å². The fourth-order valence-electron chi connectivity index (χ4n) is 1.24. The number of H-pyrrole nitrogens is 1. The van der Waals surface area contributed by atoms with Gasteiger partial charge in [-0.1, -0.05) is 0 Å². The Bertz CT molecular complexity index is 585. The number of nitro benzene ring substituents is 1. The molecule has 0 radical (unpaired) electrons. The number of hydrogen-bond donors (Lipinski definition) is 2. The van der Waals surface area contributed by atoms with Crippen LogP contribution in [0.15, 0.2) is 24.3 Å². The van der Waals surface area contributed by atoms with Crippen LogP contribution in [0.5, 0.6) is 0 Å². The number of nitrogens with one attached hydrogen (secondary N) is 1. The van der Waals surface area contributed by atoms with Crippen molar-refractivity contribution in [1.82, 2.24) is 14.9 Å². The minimum absolute atomic E-state index is 0.0152. The zero-order valence-electron chi connectivity index (χ0n) is 7.95. The molecule has 8 heteroatoms. The second kappa shape index (κ2) is 3.74. The third-order valence-electron chi connectivity index (χ3n) is 2.04. The summed E-state index contributed by atoms with van der Waals surface area (Å²) in [6, 6.07) is 5.89. The first-order chi connectivity index (χ1) is 7.59. The van der Waals surface area contributed by atoms with Gasteiger partial charge in [0.2, 0.25) is 4.77 Å². The average Bonchev–Trinajstić information content (AvgIpc) is 2.60. The van der Waals surface area contributed by atoms with Gasteiger partial charge in [-0.3, -0.25) is 10.1 Å². The summed E-state index contributed by atoms with van der Waals surface area (Å²) >= 11 is 4.85. The highest BCUT2D eigenvalue weighted by molar-refractivity contribution is 7.71. The summed E-state index contributed by atoms with van der Waals surface area (Å²) in [6.07, 6.45) is 0. The fraction of sp³-hybridized carbons (Fsp3) is 0. The summed E-state index contributed by atoms with van der Waals surface area (Å²) in [6.45, 7) is 0. The number of nitrogen functional groups attached to an aromatic ring is 1. The molecule has 82 valence electrons. The second-order valence-electron chi connectivity index (χ2n) is 3.03. The van der Waals surface area contributed by atoms with Crippen LogP contribution < -0.4 is 5.84 Å². The Morgan fingerprint density at radius 1 is 1.44 bits per heavy atom. The van der Waals surface area contributed by atoms with Gasteiger partial charge in [0.05, 0.1) is 4.92 Å². The number of nitro groups is 1. The average molecular weight is 237 g/mol. The van der Waals surface area contributed by atoms with Crippen molar-refractivity contribution in [2.75, 3.05) is 5.84 Å². The van der Waals surface area contributed by atoms with Gasteiger partial charge in [-0.25, -0.2) is 9.77 Å². The van der Waals surface area contributed by atoms with Crippen LogP contribution in [-0.4, -0.2) is 19.8 Å². The lowest BCUT2D eigenvalue weighted by Crippen LogP contribution is -2.09. The zero-order chi connectivity index (χ0) is 11.7. The molecule has 0 aliphatic rings. The first-order valence-electron chi connectivity index (χ1n) is 4.27. The number of aromatic nitrogens is 3. The molecule has 0 unspecified atom stereocenters. The van der Waals surface area contributed by atoms with E-state index in [1.54, 1.807) is 12.1 Å². The van der Waals surface area contributed by atoms with E-state index in [-0.39, 0.29) is 10.5 Å².